The third-order valence-corrected chi connectivity index (χ3v) is 7.49. The number of amidine groups is 1. The molecule has 32 heavy (non-hydrogen) atoms. The molecule has 0 atom stereocenters. The normalized spacial score (nSPS) is 19.9. The zero-order chi connectivity index (χ0) is 22.9. The summed E-state index contributed by atoms with van der Waals surface area (Å²) in [5.74, 6) is -0.150. The standard InChI is InChI=1S/C23H22F3N3OS2/c1-3-5-13-29-20(30)19(21-28(4-2)17-11-6-7-12-18(17)31-21)32-22(29)27-16-10-8-9-15(14-16)23(24,25)26/h6-12,14H,3-5,13H2,1-2H3/b21-19-,27-22?. The number of nitrogens with zero attached hydrogens (tertiary/aromatic N) is 3. The number of amides is 1. The van der Waals surface area contributed by atoms with Gasteiger partial charge in [0, 0.05) is 18.0 Å². The van der Waals surface area contributed by atoms with Crippen molar-refractivity contribution in [2.75, 3.05) is 18.0 Å². The molecule has 0 bridgehead atoms. The molecule has 4 rings (SSSR count). The maximum atomic E-state index is 13.4. The molecule has 2 aliphatic heterocycles. The fraction of sp³-hybridized carbons (Fsp3) is 0.304. The number of carbonyl (C=O) groups is 1. The maximum absolute atomic E-state index is 13.4. The van der Waals surface area contributed by atoms with Crippen molar-refractivity contribution in [3.05, 3.63) is 64.0 Å². The second kappa shape index (κ2) is 9.23. The second-order valence-corrected chi connectivity index (χ2v) is 9.31. The SMILES string of the molecule is CCCCN1C(=O)/C(=C2/Sc3ccccc3N2CC)SC1=Nc1cccc(C(F)(F)F)c1. The molecule has 1 saturated heterocycles. The van der Waals surface area contributed by atoms with Crippen molar-refractivity contribution in [3.63, 3.8) is 0 Å². The molecule has 1 fully saturated rings. The van der Waals surface area contributed by atoms with E-state index in [9.17, 15) is 18.0 Å². The zero-order valence-electron chi connectivity index (χ0n) is 17.6. The van der Waals surface area contributed by atoms with E-state index in [-0.39, 0.29) is 11.6 Å². The van der Waals surface area contributed by atoms with Crippen molar-refractivity contribution in [1.82, 2.24) is 4.90 Å². The summed E-state index contributed by atoms with van der Waals surface area (Å²) < 4.78 is 39.4. The first-order chi connectivity index (χ1) is 15.3. The van der Waals surface area contributed by atoms with E-state index in [0.29, 0.717) is 23.2 Å². The van der Waals surface area contributed by atoms with Gasteiger partial charge >= 0.3 is 6.18 Å². The average molecular weight is 478 g/mol. The van der Waals surface area contributed by atoms with Crippen LogP contribution in [-0.4, -0.2) is 29.1 Å². The van der Waals surface area contributed by atoms with Gasteiger partial charge in [-0.1, -0.05) is 43.3 Å². The summed E-state index contributed by atoms with van der Waals surface area (Å²) in [6.07, 6.45) is -2.78. The molecule has 0 spiro atoms. The van der Waals surface area contributed by atoms with E-state index in [2.05, 4.69) is 9.89 Å². The highest BCUT2D eigenvalue weighted by atomic mass is 32.2. The third kappa shape index (κ3) is 4.41. The van der Waals surface area contributed by atoms with Crippen molar-refractivity contribution in [2.24, 2.45) is 4.99 Å². The van der Waals surface area contributed by atoms with Crippen molar-refractivity contribution in [3.8, 4) is 0 Å². The molecule has 0 saturated carbocycles. The molecule has 2 heterocycles. The van der Waals surface area contributed by atoms with Gasteiger partial charge in [0.2, 0.25) is 0 Å². The molecule has 2 aromatic rings. The van der Waals surface area contributed by atoms with Gasteiger partial charge in [0.15, 0.2) is 5.17 Å². The molecule has 9 heteroatoms. The summed E-state index contributed by atoms with van der Waals surface area (Å²) in [5.41, 5.74) is 0.475. The number of carbonyl (C=O) groups excluding carboxylic acids is 1. The van der Waals surface area contributed by atoms with Gasteiger partial charge in [-0.15, -0.1) is 0 Å². The van der Waals surface area contributed by atoms with Gasteiger partial charge in [-0.25, -0.2) is 4.99 Å². The molecule has 0 radical (unpaired) electrons. The summed E-state index contributed by atoms with van der Waals surface area (Å²) in [7, 11) is 0. The number of thioether (sulfide) groups is 2. The van der Waals surface area contributed by atoms with Crippen LogP contribution >= 0.6 is 23.5 Å². The number of anilines is 1. The topological polar surface area (TPSA) is 35.9 Å². The van der Waals surface area contributed by atoms with E-state index in [4.69, 9.17) is 0 Å². The van der Waals surface area contributed by atoms with Crippen molar-refractivity contribution >= 4 is 46.0 Å². The Morgan fingerprint density at radius 1 is 1.00 bits per heavy atom. The van der Waals surface area contributed by atoms with E-state index in [0.717, 1.165) is 40.6 Å². The van der Waals surface area contributed by atoms with E-state index in [1.165, 1.54) is 23.9 Å². The first-order valence-electron chi connectivity index (χ1n) is 10.4. The average Bonchev–Trinajstić information content (AvgIpc) is 3.29. The number of fused-ring (bicyclic) bond motifs is 1. The molecule has 4 nitrogen and oxygen atoms in total. The first-order valence-corrected chi connectivity index (χ1v) is 12.0. The fourth-order valence-corrected chi connectivity index (χ4v) is 5.93. The highest BCUT2D eigenvalue weighted by Crippen LogP contribution is 2.50. The van der Waals surface area contributed by atoms with Gasteiger partial charge in [0.25, 0.3) is 5.91 Å². The van der Waals surface area contributed by atoms with E-state index < -0.39 is 11.7 Å². The third-order valence-electron chi connectivity index (χ3n) is 5.12. The molecular weight excluding hydrogens is 455 g/mol. The van der Waals surface area contributed by atoms with E-state index in [1.54, 1.807) is 16.7 Å². The van der Waals surface area contributed by atoms with Gasteiger partial charge in [-0.2, -0.15) is 13.2 Å². The first kappa shape index (κ1) is 22.8. The lowest BCUT2D eigenvalue weighted by Gasteiger charge is -2.19. The lowest BCUT2D eigenvalue weighted by atomic mass is 10.2. The summed E-state index contributed by atoms with van der Waals surface area (Å²) in [4.78, 5) is 23.2. The van der Waals surface area contributed by atoms with Gasteiger partial charge in [0.1, 0.15) is 9.93 Å². The number of alkyl halides is 3. The van der Waals surface area contributed by atoms with Gasteiger partial charge in [0.05, 0.1) is 16.9 Å². The quantitative estimate of drug-likeness (QED) is 0.440. The molecule has 2 aliphatic rings. The van der Waals surface area contributed by atoms with Crippen LogP contribution < -0.4 is 4.90 Å². The van der Waals surface area contributed by atoms with Crippen molar-refractivity contribution < 1.29 is 18.0 Å². The maximum Gasteiger partial charge on any atom is 0.416 e. The number of halogens is 3. The number of benzene rings is 2. The van der Waals surface area contributed by atoms with Crippen LogP contribution in [-0.2, 0) is 11.0 Å². The highest BCUT2D eigenvalue weighted by molar-refractivity contribution is 8.19. The van der Waals surface area contributed by atoms with Crippen molar-refractivity contribution in [2.45, 2.75) is 37.8 Å². The minimum atomic E-state index is -4.45. The Balaban J connectivity index is 1.74. The Labute approximate surface area is 193 Å². The lowest BCUT2D eigenvalue weighted by Crippen LogP contribution is -2.30. The minimum Gasteiger partial charge on any atom is -0.334 e. The Kier molecular flexibility index (Phi) is 6.57. The summed E-state index contributed by atoms with van der Waals surface area (Å²) in [6.45, 7) is 5.23. The Bertz CT molecular complexity index is 1100. The van der Waals surface area contributed by atoms with Gasteiger partial charge < -0.3 is 4.90 Å². The summed E-state index contributed by atoms with van der Waals surface area (Å²) >= 11 is 2.78. The van der Waals surface area contributed by atoms with Crippen LogP contribution in [0.5, 0.6) is 0 Å². The fourth-order valence-electron chi connectivity index (χ4n) is 3.51. The Hall–Kier alpha value is -2.39. The van der Waals surface area contributed by atoms with Gasteiger partial charge in [-0.3, -0.25) is 9.69 Å². The Morgan fingerprint density at radius 2 is 1.78 bits per heavy atom. The van der Waals surface area contributed by atoms with Gasteiger partial charge in [-0.05, 0) is 55.4 Å². The van der Waals surface area contributed by atoms with E-state index in [1.807, 2.05) is 38.1 Å². The zero-order valence-corrected chi connectivity index (χ0v) is 19.3. The van der Waals surface area contributed by atoms with Crippen LogP contribution in [0.3, 0.4) is 0 Å². The molecule has 0 aromatic heterocycles. The monoisotopic (exact) mass is 477 g/mol. The molecule has 0 aliphatic carbocycles. The number of rotatable bonds is 5. The van der Waals surface area contributed by atoms with Crippen LogP contribution in [0, 0.1) is 0 Å². The van der Waals surface area contributed by atoms with Crippen molar-refractivity contribution in [1.29, 1.82) is 0 Å². The number of hydrogen-bond donors (Lipinski definition) is 0. The lowest BCUT2D eigenvalue weighted by molar-refractivity contribution is -0.137. The van der Waals surface area contributed by atoms with Crippen LogP contribution in [0.15, 0.2) is 68.4 Å². The molecule has 1 amide bonds. The number of para-hydroxylation sites is 1. The number of aliphatic imine (C=N–C) groups is 1. The molecule has 2 aromatic carbocycles. The minimum absolute atomic E-state index is 0.150. The van der Waals surface area contributed by atoms with E-state index >= 15 is 0 Å². The molecule has 168 valence electrons. The van der Waals surface area contributed by atoms with Crippen LogP contribution in [0.1, 0.15) is 32.3 Å². The highest BCUT2D eigenvalue weighted by Gasteiger charge is 2.39. The summed E-state index contributed by atoms with van der Waals surface area (Å²) in [6, 6.07) is 12.9. The summed E-state index contributed by atoms with van der Waals surface area (Å²) in [5, 5.41) is 1.26. The number of unbranched alkanes of at least 4 members (excludes halogenated alkanes) is 1. The molecular formula is C23H22F3N3OS2. The molecule has 0 unspecified atom stereocenters. The van der Waals surface area contributed by atoms with Crippen LogP contribution in [0.4, 0.5) is 24.5 Å². The number of hydrogen-bond acceptors (Lipinski definition) is 5. The predicted molar refractivity (Wildman–Crippen MR) is 125 cm³/mol. The largest absolute Gasteiger partial charge is 0.416 e. The second-order valence-electron chi connectivity index (χ2n) is 7.30. The smallest absolute Gasteiger partial charge is 0.334 e. The van der Waals surface area contributed by atoms with Crippen LogP contribution in [0.25, 0.3) is 0 Å². The Morgan fingerprint density at radius 3 is 2.50 bits per heavy atom. The van der Waals surface area contributed by atoms with Crippen LogP contribution in [0.2, 0.25) is 0 Å². The predicted octanol–water partition coefficient (Wildman–Crippen LogP) is 6.87. The molecule has 0 N–H and O–H groups in total.